The van der Waals surface area contributed by atoms with E-state index in [1.807, 2.05) is 20.8 Å². The second-order valence-electron chi connectivity index (χ2n) is 6.19. The Morgan fingerprint density at radius 2 is 2.00 bits per heavy atom. The molecule has 1 saturated carbocycles. The second kappa shape index (κ2) is 6.12. The first kappa shape index (κ1) is 15.3. The van der Waals surface area contributed by atoms with Gasteiger partial charge in [-0.2, -0.15) is 0 Å². The zero-order chi connectivity index (χ0) is 14.9. The van der Waals surface area contributed by atoms with Gasteiger partial charge in [-0.25, -0.2) is 0 Å². The molecule has 5 heteroatoms. The van der Waals surface area contributed by atoms with Crippen LogP contribution in [0.4, 0.5) is 0 Å². The van der Waals surface area contributed by atoms with Crippen LogP contribution in [0.1, 0.15) is 40.0 Å². The van der Waals surface area contributed by atoms with Crippen LogP contribution in [-0.2, 0) is 14.3 Å². The van der Waals surface area contributed by atoms with Crippen LogP contribution in [-0.4, -0.2) is 48.6 Å². The lowest BCUT2D eigenvalue weighted by Gasteiger charge is -2.41. The highest BCUT2D eigenvalue weighted by molar-refractivity contribution is 5.97. The number of rotatable bonds is 6. The smallest absolute Gasteiger partial charge is 0.246 e. The van der Waals surface area contributed by atoms with E-state index in [1.54, 1.807) is 12.0 Å². The minimum absolute atomic E-state index is 0.0145. The van der Waals surface area contributed by atoms with E-state index in [0.29, 0.717) is 12.5 Å². The van der Waals surface area contributed by atoms with Crippen molar-refractivity contribution in [1.29, 1.82) is 0 Å². The molecule has 0 aromatic rings. The molecule has 0 bridgehead atoms. The second-order valence-corrected chi connectivity index (χ2v) is 6.19. The molecule has 0 radical (unpaired) electrons. The van der Waals surface area contributed by atoms with Crippen molar-refractivity contribution in [3.05, 3.63) is 0 Å². The summed E-state index contributed by atoms with van der Waals surface area (Å²) in [4.78, 5) is 26.9. The number of amides is 2. The number of piperazine rings is 1. The van der Waals surface area contributed by atoms with Gasteiger partial charge in [-0.15, -0.1) is 0 Å². The summed E-state index contributed by atoms with van der Waals surface area (Å²) in [6.45, 7) is 6.48. The average molecular weight is 282 g/mol. The van der Waals surface area contributed by atoms with Crippen LogP contribution in [0.3, 0.4) is 0 Å². The van der Waals surface area contributed by atoms with E-state index in [-0.39, 0.29) is 35.9 Å². The summed E-state index contributed by atoms with van der Waals surface area (Å²) in [6.07, 6.45) is 2.90. The fourth-order valence-corrected chi connectivity index (χ4v) is 2.81. The van der Waals surface area contributed by atoms with Gasteiger partial charge < -0.3 is 15.0 Å². The van der Waals surface area contributed by atoms with Gasteiger partial charge in [0, 0.05) is 13.7 Å². The number of ether oxygens (including phenoxy) is 1. The quantitative estimate of drug-likeness (QED) is 0.795. The zero-order valence-corrected chi connectivity index (χ0v) is 12.9. The van der Waals surface area contributed by atoms with Crippen LogP contribution in [0.2, 0.25) is 0 Å². The van der Waals surface area contributed by atoms with Crippen molar-refractivity contribution in [3.8, 4) is 0 Å². The number of nitrogens with zero attached hydrogens (tertiary/aromatic N) is 1. The molecule has 20 heavy (non-hydrogen) atoms. The summed E-state index contributed by atoms with van der Waals surface area (Å²) >= 11 is 0. The molecule has 4 atom stereocenters. The molecular formula is C15H26N2O3. The Labute approximate surface area is 121 Å². The Balaban J connectivity index is 2.19. The highest BCUT2D eigenvalue weighted by atomic mass is 16.5. The lowest BCUT2D eigenvalue weighted by Crippen LogP contribution is -2.66. The lowest BCUT2D eigenvalue weighted by molar-refractivity contribution is -0.153. The van der Waals surface area contributed by atoms with Gasteiger partial charge in [-0.3, -0.25) is 9.59 Å². The van der Waals surface area contributed by atoms with Crippen LogP contribution >= 0.6 is 0 Å². The highest BCUT2D eigenvalue weighted by Gasteiger charge is 2.48. The molecule has 1 aliphatic heterocycles. The Morgan fingerprint density at radius 3 is 2.50 bits per heavy atom. The molecule has 2 amide bonds. The third-order valence-electron chi connectivity index (χ3n) is 4.59. The summed E-state index contributed by atoms with van der Waals surface area (Å²) in [5.74, 6) is 0.563. The third-order valence-corrected chi connectivity index (χ3v) is 4.59. The average Bonchev–Trinajstić information content (AvgIpc) is 3.25. The number of carbonyl (C=O) groups excluding carboxylic acids is 2. The van der Waals surface area contributed by atoms with Gasteiger partial charge in [-0.05, 0) is 31.6 Å². The summed E-state index contributed by atoms with van der Waals surface area (Å²) in [6, 6.07) is -0.674. The number of nitrogens with one attached hydrogen (secondary N) is 1. The van der Waals surface area contributed by atoms with Crippen LogP contribution in [0.15, 0.2) is 0 Å². The maximum Gasteiger partial charge on any atom is 0.246 e. The first-order chi connectivity index (χ1) is 9.49. The van der Waals surface area contributed by atoms with Crippen LogP contribution in [0.25, 0.3) is 0 Å². The molecule has 0 aromatic heterocycles. The largest absolute Gasteiger partial charge is 0.380 e. The van der Waals surface area contributed by atoms with Gasteiger partial charge in [0.15, 0.2) is 0 Å². The standard InChI is InChI=1S/C15H26N2O3/c1-5-9(2)12-15(19)17(8-10(3)20-4)13(11-6-7-11)14(18)16-12/h9-13H,5-8H2,1-4H3,(H,16,18). The van der Waals surface area contributed by atoms with E-state index >= 15 is 0 Å². The van der Waals surface area contributed by atoms with Crippen molar-refractivity contribution in [3.63, 3.8) is 0 Å². The lowest BCUT2D eigenvalue weighted by atomic mass is 9.93. The summed E-state index contributed by atoms with van der Waals surface area (Å²) in [7, 11) is 1.64. The van der Waals surface area contributed by atoms with E-state index < -0.39 is 0 Å². The van der Waals surface area contributed by atoms with Crippen LogP contribution < -0.4 is 5.32 Å². The molecule has 5 nitrogen and oxygen atoms in total. The van der Waals surface area contributed by atoms with Crippen molar-refractivity contribution in [2.45, 2.75) is 58.2 Å². The van der Waals surface area contributed by atoms with Gasteiger partial charge in [0.1, 0.15) is 12.1 Å². The van der Waals surface area contributed by atoms with E-state index in [1.165, 1.54) is 0 Å². The molecule has 2 aliphatic rings. The number of hydrogen-bond acceptors (Lipinski definition) is 3. The topological polar surface area (TPSA) is 58.6 Å². The summed E-state index contributed by atoms with van der Waals surface area (Å²) in [5, 5.41) is 2.94. The predicted molar refractivity (Wildman–Crippen MR) is 76.1 cm³/mol. The highest BCUT2D eigenvalue weighted by Crippen LogP contribution is 2.37. The first-order valence-electron chi connectivity index (χ1n) is 7.63. The predicted octanol–water partition coefficient (Wildman–Crippen LogP) is 1.17. The van der Waals surface area contributed by atoms with Crippen molar-refractivity contribution in [2.24, 2.45) is 11.8 Å². The van der Waals surface area contributed by atoms with Gasteiger partial charge >= 0.3 is 0 Å². The molecule has 1 heterocycles. The summed E-state index contributed by atoms with van der Waals surface area (Å²) < 4.78 is 5.28. The van der Waals surface area contributed by atoms with Gasteiger partial charge in [0.2, 0.25) is 11.8 Å². The van der Waals surface area contributed by atoms with Crippen molar-refractivity contribution in [2.75, 3.05) is 13.7 Å². The Bertz CT molecular complexity index is 381. The Kier molecular flexibility index (Phi) is 4.68. The maximum atomic E-state index is 12.7. The van der Waals surface area contributed by atoms with Gasteiger partial charge in [0.25, 0.3) is 0 Å². The molecule has 0 spiro atoms. The molecule has 1 aliphatic carbocycles. The summed E-state index contributed by atoms with van der Waals surface area (Å²) in [5.41, 5.74) is 0. The molecule has 4 unspecified atom stereocenters. The fourth-order valence-electron chi connectivity index (χ4n) is 2.81. The molecule has 1 N–H and O–H groups in total. The van der Waals surface area contributed by atoms with E-state index in [0.717, 1.165) is 19.3 Å². The normalized spacial score (nSPS) is 30.1. The van der Waals surface area contributed by atoms with Gasteiger partial charge in [0.05, 0.1) is 6.10 Å². The van der Waals surface area contributed by atoms with Crippen molar-refractivity contribution >= 4 is 11.8 Å². The monoisotopic (exact) mass is 282 g/mol. The Morgan fingerprint density at radius 1 is 1.35 bits per heavy atom. The molecule has 114 valence electrons. The first-order valence-corrected chi connectivity index (χ1v) is 7.63. The van der Waals surface area contributed by atoms with E-state index in [9.17, 15) is 9.59 Å². The van der Waals surface area contributed by atoms with Crippen molar-refractivity contribution in [1.82, 2.24) is 10.2 Å². The number of hydrogen-bond donors (Lipinski definition) is 1. The Hall–Kier alpha value is -1.10. The number of methoxy groups -OCH3 is 1. The van der Waals surface area contributed by atoms with Crippen LogP contribution in [0, 0.1) is 11.8 Å². The van der Waals surface area contributed by atoms with Gasteiger partial charge in [-0.1, -0.05) is 20.3 Å². The SMILES string of the molecule is CCC(C)C1NC(=O)C(C2CC2)N(CC(C)OC)C1=O. The fraction of sp³-hybridized carbons (Fsp3) is 0.867. The molecule has 0 aromatic carbocycles. The molecule has 2 fully saturated rings. The minimum Gasteiger partial charge on any atom is -0.380 e. The van der Waals surface area contributed by atoms with Crippen LogP contribution in [0.5, 0.6) is 0 Å². The van der Waals surface area contributed by atoms with E-state index in [2.05, 4.69) is 5.32 Å². The molecule has 2 rings (SSSR count). The molecular weight excluding hydrogens is 256 g/mol. The van der Waals surface area contributed by atoms with E-state index in [4.69, 9.17) is 4.74 Å². The third kappa shape index (κ3) is 2.97. The number of carbonyl (C=O) groups is 2. The zero-order valence-electron chi connectivity index (χ0n) is 12.9. The molecule has 1 saturated heterocycles. The minimum atomic E-state index is -0.383. The maximum absolute atomic E-state index is 12.7. The van der Waals surface area contributed by atoms with Crippen molar-refractivity contribution < 1.29 is 14.3 Å².